The zero-order chi connectivity index (χ0) is 10.7. The van der Waals surface area contributed by atoms with Gasteiger partial charge < -0.3 is 14.7 Å². The molecule has 5 nitrogen and oxygen atoms in total. The number of carbonyl (C=O) groups excluding carboxylic acids is 1. The lowest BCUT2D eigenvalue weighted by molar-refractivity contribution is -0.134. The average molecular weight is 209 g/mol. The second-order valence-electron chi connectivity index (χ2n) is 3.87. The average Bonchev–Trinajstić information content (AvgIpc) is 2.88. The number of rotatable bonds is 3. The first-order chi connectivity index (χ1) is 7.27. The third-order valence-corrected chi connectivity index (χ3v) is 2.68. The highest BCUT2D eigenvalue weighted by molar-refractivity contribution is 5.79. The van der Waals surface area contributed by atoms with Crippen molar-refractivity contribution in [3.63, 3.8) is 0 Å². The van der Waals surface area contributed by atoms with Gasteiger partial charge in [0, 0.05) is 19.7 Å². The van der Waals surface area contributed by atoms with Crippen molar-refractivity contribution in [1.29, 1.82) is 0 Å². The molecule has 82 valence electrons. The topological polar surface area (TPSA) is 58.4 Å². The molecule has 1 aromatic heterocycles. The number of hydrogen-bond donors (Lipinski definition) is 1. The Morgan fingerprint density at radius 3 is 3.27 bits per heavy atom. The van der Waals surface area contributed by atoms with E-state index in [0.717, 1.165) is 25.2 Å². The second-order valence-corrected chi connectivity index (χ2v) is 3.87. The fourth-order valence-electron chi connectivity index (χ4n) is 1.82. The first-order valence-electron chi connectivity index (χ1n) is 5.12. The highest BCUT2D eigenvalue weighted by Gasteiger charge is 2.25. The Morgan fingerprint density at radius 1 is 1.80 bits per heavy atom. The molecule has 1 amide bonds. The predicted octanol–water partition coefficient (Wildman–Crippen LogP) is 0.242. The van der Waals surface area contributed by atoms with Crippen LogP contribution in [0.1, 0.15) is 12.1 Å². The van der Waals surface area contributed by atoms with Crippen LogP contribution in [-0.2, 0) is 11.3 Å². The molecule has 1 fully saturated rings. The van der Waals surface area contributed by atoms with Gasteiger partial charge in [0.2, 0.25) is 5.91 Å². The van der Waals surface area contributed by atoms with Gasteiger partial charge >= 0.3 is 0 Å². The Morgan fingerprint density at radius 2 is 2.67 bits per heavy atom. The first kappa shape index (κ1) is 10.2. The predicted molar refractivity (Wildman–Crippen MR) is 54.0 cm³/mol. The van der Waals surface area contributed by atoms with E-state index < -0.39 is 0 Å². The van der Waals surface area contributed by atoms with Gasteiger partial charge in [-0.05, 0) is 13.0 Å². The van der Waals surface area contributed by atoms with E-state index in [1.807, 2.05) is 0 Å². The molecule has 1 aliphatic heterocycles. The third-order valence-electron chi connectivity index (χ3n) is 2.68. The van der Waals surface area contributed by atoms with Crippen LogP contribution in [0.25, 0.3) is 0 Å². The van der Waals surface area contributed by atoms with E-state index in [-0.39, 0.29) is 11.8 Å². The maximum atomic E-state index is 11.9. The van der Waals surface area contributed by atoms with E-state index in [4.69, 9.17) is 4.52 Å². The molecule has 2 heterocycles. The van der Waals surface area contributed by atoms with Crippen molar-refractivity contribution in [2.75, 3.05) is 20.1 Å². The summed E-state index contributed by atoms with van der Waals surface area (Å²) in [5.74, 6) is 0.310. The van der Waals surface area contributed by atoms with Gasteiger partial charge in [0.25, 0.3) is 0 Å². The molecule has 1 N–H and O–H groups in total. The van der Waals surface area contributed by atoms with Crippen LogP contribution in [0.4, 0.5) is 0 Å². The lowest BCUT2D eigenvalue weighted by Crippen LogP contribution is -2.33. The second kappa shape index (κ2) is 4.44. The molecule has 1 aliphatic rings. The zero-order valence-electron chi connectivity index (χ0n) is 8.77. The van der Waals surface area contributed by atoms with Crippen molar-refractivity contribution >= 4 is 5.91 Å². The molecule has 15 heavy (non-hydrogen) atoms. The van der Waals surface area contributed by atoms with E-state index in [2.05, 4.69) is 10.5 Å². The normalized spacial score (nSPS) is 20.5. The maximum absolute atomic E-state index is 11.9. The summed E-state index contributed by atoms with van der Waals surface area (Å²) in [6.45, 7) is 2.25. The van der Waals surface area contributed by atoms with Gasteiger partial charge in [-0.1, -0.05) is 5.16 Å². The van der Waals surface area contributed by atoms with Gasteiger partial charge in [-0.3, -0.25) is 4.79 Å². The number of aromatic nitrogens is 1. The third kappa shape index (κ3) is 2.36. The van der Waals surface area contributed by atoms with Gasteiger partial charge in [-0.25, -0.2) is 0 Å². The van der Waals surface area contributed by atoms with Gasteiger partial charge in [-0.15, -0.1) is 0 Å². The van der Waals surface area contributed by atoms with E-state index >= 15 is 0 Å². The van der Waals surface area contributed by atoms with Crippen LogP contribution >= 0.6 is 0 Å². The van der Waals surface area contributed by atoms with Crippen LogP contribution in [0.3, 0.4) is 0 Å². The van der Waals surface area contributed by atoms with Gasteiger partial charge in [-0.2, -0.15) is 0 Å². The minimum absolute atomic E-state index is 0.127. The molecule has 1 atom stereocenters. The standard InChI is InChI=1S/C10H15N3O2/c1-13(7-9-3-5-15-12-9)10(14)8-2-4-11-6-8/h3,5,8,11H,2,4,6-7H2,1H3/t8-/m1/s1. The van der Waals surface area contributed by atoms with Crippen LogP contribution in [0.5, 0.6) is 0 Å². The van der Waals surface area contributed by atoms with E-state index in [0.29, 0.717) is 6.54 Å². The number of amides is 1. The monoisotopic (exact) mass is 209 g/mol. The van der Waals surface area contributed by atoms with Crippen LogP contribution < -0.4 is 5.32 Å². The van der Waals surface area contributed by atoms with Crippen LogP contribution in [0.2, 0.25) is 0 Å². The van der Waals surface area contributed by atoms with Crippen LogP contribution in [-0.4, -0.2) is 36.1 Å². The van der Waals surface area contributed by atoms with E-state index in [1.165, 1.54) is 6.26 Å². The number of hydrogen-bond acceptors (Lipinski definition) is 4. The molecule has 0 unspecified atom stereocenters. The number of nitrogens with zero attached hydrogens (tertiary/aromatic N) is 2. The molecular weight excluding hydrogens is 194 g/mol. The highest BCUT2D eigenvalue weighted by Crippen LogP contribution is 2.12. The van der Waals surface area contributed by atoms with Gasteiger partial charge in [0.05, 0.1) is 12.5 Å². The summed E-state index contributed by atoms with van der Waals surface area (Å²) in [4.78, 5) is 13.6. The van der Waals surface area contributed by atoms with Crippen molar-refractivity contribution in [2.24, 2.45) is 5.92 Å². The largest absolute Gasteiger partial charge is 0.364 e. The fraction of sp³-hybridized carbons (Fsp3) is 0.600. The van der Waals surface area contributed by atoms with Crippen LogP contribution in [0.15, 0.2) is 16.9 Å². The van der Waals surface area contributed by atoms with Crippen molar-refractivity contribution in [3.05, 3.63) is 18.0 Å². The Bertz CT molecular complexity index is 317. The number of carbonyl (C=O) groups is 1. The minimum Gasteiger partial charge on any atom is -0.364 e. The zero-order valence-corrected chi connectivity index (χ0v) is 8.77. The Kier molecular flexibility index (Phi) is 3.01. The minimum atomic E-state index is 0.127. The lowest BCUT2D eigenvalue weighted by atomic mass is 10.1. The van der Waals surface area contributed by atoms with Gasteiger partial charge in [0.15, 0.2) is 0 Å². The first-order valence-corrected chi connectivity index (χ1v) is 5.12. The summed E-state index contributed by atoms with van der Waals surface area (Å²) in [5, 5.41) is 6.97. The maximum Gasteiger partial charge on any atom is 0.227 e. The Balaban J connectivity index is 1.89. The smallest absolute Gasteiger partial charge is 0.227 e. The summed E-state index contributed by atoms with van der Waals surface area (Å²) in [6.07, 6.45) is 2.45. The molecule has 0 saturated carbocycles. The van der Waals surface area contributed by atoms with Crippen molar-refractivity contribution in [2.45, 2.75) is 13.0 Å². The summed E-state index contributed by atoms with van der Waals surface area (Å²) in [7, 11) is 1.80. The van der Waals surface area contributed by atoms with E-state index in [1.54, 1.807) is 18.0 Å². The molecule has 0 bridgehead atoms. The Hall–Kier alpha value is -1.36. The highest BCUT2D eigenvalue weighted by atomic mass is 16.5. The molecular formula is C10H15N3O2. The molecule has 0 radical (unpaired) electrons. The van der Waals surface area contributed by atoms with Crippen molar-refractivity contribution in [3.8, 4) is 0 Å². The SMILES string of the molecule is CN(Cc1ccon1)C(=O)[C@@H]1CCNC1. The van der Waals surface area contributed by atoms with Crippen molar-refractivity contribution < 1.29 is 9.32 Å². The summed E-state index contributed by atoms with van der Waals surface area (Å²) in [5.41, 5.74) is 0.789. The molecule has 0 aromatic carbocycles. The summed E-state index contributed by atoms with van der Waals surface area (Å²) < 4.78 is 4.72. The van der Waals surface area contributed by atoms with E-state index in [9.17, 15) is 4.79 Å². The summed E-state index contributed by atoms with van der Waals surface area (Å²) in [6, 6.07) is 1.77. The molecule has 0 spiro atoms. The molecule has 2 rings (SSSR count). The molecule has 0 aliphatic carbocycles. The van der Waals surface area contributed by atoms with Crippen molar-refractivity contribution in [1.82, 2.24) is 15.4 Å². The molecule has 1 saturated heterocycles. The lowest BCUT2D eigenvalue weighted by Gasteiger charge is -2.19. The quantitative estimate of drug-likeness (QED) is 0.775. The Labute approximate surface area is 88.4 Å². The summed E-state index contributed by atoms with van der Waals surface area (Å²) >= 11 is 0. The van der Waals surface area contributed by atoms with Crippen LogP contribution in [0, 0.1) is 5.92 Å². The van der Waals surface area contributed by atoms with Gasteiger partial charge in [0.1, 0.15) is 12.0 Å². The molecule has 5 heteroatoms. The number of nitrogens with one attached hydrogen (secondary N) is 1. The molecule has 1 aromatic rings. The fourth-order valence-corrected chi connectivity index (χ4v) is 1.82.